The van der Waals surface area contributed by atoms with Crippen LogP contribution in [0.4, 0.5) is 0 Å². The topological polar surface area (TPSA) is 54.9 Å². The van der Waals surface area contributed by atoms with Gasteiger partial charge in [0, 0.05) is 20.2 Å². The van der Waals surface area contributed by atoms with Crippen LogP contribution in [0, 0.1) is 0 Å². The molecule has 2 aromatic carbocycles. The summed E-state index contributed by atoms with van der Waals surface area (Å²) >= 11 is 0. The fourth-order valence-corrected chi connectivity index (χ4v) is 2.41. The number of methoxy groups -OCH3 is 1. The van der Waals surface area contributed by atoms with E-state index >= 15 is 0 Å². The van der Waals surface area contributed by atoms with Crippen molar-refractivity contribution in [1.29, 1.82) is 0 Å². The van der Waals surface area contributed by atoms with Gasteiger partial charge in [-0.3, -0.25) is 0 Å². The van der Waals surface area contributed by atoms with Gasteiger partial charge >= 0.3 is 0 Å². The largest absolute Gasteiger partial charge is 0.494 e. The Morgan fingerprint density at radius 2 is 1.69 bits per heavy atom. The van der Waals surface area contributed by atoms with Crippen molar-refractivity contribution in [2.24, 2.45) is 4.99 Å². The van der Waals surface area contributed by atoms with Gasteiger partial charge in [0.25, 0.3) is 0 Å². The van der Waals surface area contributed by atoms with E-state index in [0.29, 0.717) is 19.8 Å². The third kappa shape index (κ3) is 7.57. The normalized spacial score (nSPS) is 11.2. The molecule has 0 fully saturated rings. The van der Waals surface area contributed by atoms with Crippen molar-refractivity contribution in [2.45, 2.75) is 26.5 Å². The average Bonchev–Trinajstić information content (AvgIpc) is 2.68. The van der Waals surface area contributed by atoms with Crippen LogP contribution in [0.2, 0.25) is 0 Å². The summed E-state index contributed by atoms with van der Waals surface area (Å²) in [5.74, 6) is 1.73. The first-order valence-corrected chi connectivity index (χ1v) is 9.08. The molecule has 2 rings (SSSR count). The molecule has 5 heteroatoms. The molecule has 0 atom stereocenters. The van der Waals surface area contributed by atoms with E-state index in [1.165, 1.54) is 11.1 Å². The number of nitrogens with zero attached hydrogens (tertiary/aromatic N) is 1. The Morgan fingerprint density at radius 3 is 2.38 bits per heavy atom. The van der Waals surface area contributed by atoms with Gasteiger partial charge in [-0.05, 0) is 36.6 Å². The van der Waals surface area contributed by atoms with Crippen LogP contribution in [0.5, 0.6) is 5.75 Å². The van der Waals surface area contributed by atoms with Gasteiger partial charge in [0.2, 0.25) is 0 Å². The SMILES string of the molecule is CCNC(=NCc1ccc(COC)cc1)NCCCOc1ccccc1. The zero-order valence-corrected chi connectivity index (χ0v) is 15.7. The third-order valence-corrected chi connectivity index (χ3v) is 3.72. The Hall–Kier alpha value is -2.53. The smallest absolute Gasteiger partial charge is 0.191 e. The minimum absolute atomic E-state index is 0.638. The van der Waals surface area contributed by atoms with Gasteiger partial charge in [-0.25, -0.2) is 4.99 Å². The predicted molar refractivity (Wildman–Crippen MR) is 107 cm³/mol. The lowest BCUT2D eigenvalue weighted by Gasteiger charge is -2.12. The molecule has 0 bridgehead atoms. The highest BCUT2D eigenvalue weighted by atomic mass is 16.5. The van der Waals surface area contributed by atoms with Gasteiger partial charge in [-0.15, -0.1) is 0 Å². The van der Waals surface area contributed by atoms with Crippen LogP contribution in [0.25, 0.3) is 0 Å². The van der Waals surface area contributed by atoms with Crippen molar-refractivity contribution < 1.29 is 9.47 Å². The summed E-state index contributed by atoms with van der Waals surface area (Å²) in [7, 11) is 1.71. The highest BCUT2D eigenvalue weighted by Gasteiger charge is 1.99. The minimum atomic E-state index is 0.638. The van der Waals surface area contributed by atoms with Crippen LogP contribution >= 0.6 is 0 Å². The second-order valence-electron chi connectivity index (χ2n) is 5.89. The first-order valence-electron chi connectivity index (χ1n) is 9.08. The number of benzene rings is 2. The van der Waals surface area contributed by atoms with Gasteiger partial charge in [-0.2, -0.15) is 0 Å². The molecule has 2 aromatic rings. The van der Waals surface area contributed by atoms with E-state index in [4.69, 9.17) is 9.47 Å². The second kappa shape index (κ2) is 11.9. The van der Waals surface area contributed by atoms with Crippen LogP contribution in [0.3, 0.4) is 0 Å². The molecule has 0 aromatic heterocycles. The highest BCUT2D eigenvalue weighted by molar-refractivity contribution is 5.79. The molecule has 0 spiro atoms. The van der Waals surface area contributed by atoms with E-state index in [-0.39, 0.29) is 0 Å². The van der Waals surface area contributed by atoms with Crippen molar-refractivity contribution in [3.63, 3.8) is 0 Å². The molecule has 0 saturated heterocycles. The highest BCUT2D eigenvalue weighted by Crippen LogP contribution is 2.08. The molecule has 5 nitrogen and oxygen atoms in total. The van der Waals surface area contributed by atoms with Crippen LogP contribution < -0.4 is 15.4 Å². The zero-order chi connectivity index (χ0) is 18.5. The molecule has 0 aliphatic rings. The first kappa shape index (κ1) is 19.8. The fraction of sp³-hybridized carbons (Fsp3) is 0.381. The molecule has 0 radical (unpaired) electrons. The molecule has 0 heterocycles. The number of hydrogen-bond donors (Lipinski definition) is 2. The van der Waals surface area contributed by atoms with E-state index in [1.807, 2.05) is 30.3 Å². The Bertz CT molecular complexity index is 642. The summed E-state index contributed by atoms with van der Waals surface area (Å²) in [6, 6.07) is 18.2. The molecule has 2 N–H and O–H groups in total. The Balaban J connectivity index is 1.73. The van der Waals surface area contributed by atoms with Crippen molar-refractivity contribution in [3.8, 4) is 5.75 Å². The second-order valence-corrected chi connectivity index (χ2v) is 5.89. The first-order chi connectivity index (χ1) is 12.8. The van der Waals surface area contributed by atoms with Crippen LogP contribution in [-0.4, -0.2) is 32.8 Å². The van der Waals surface area contributed by atoms with Gasteiger partial charge in [0.05, 0.1) is 19.8 Å². The van der Waals surface area contributed by atoms with Crippen molar-refractivity contribution in [1.82, 2.24) is 10.6 Å². The lowest BCUT2D eigenvalue weighted by Crippen LogP contribution is -2.38. The molecule has 0 saturated carbocycles. The van der Waals surface area contributed by atoms with Crippen molar-refractivity contribution >= 4 is 5.96 Å². The van der Waals surface area contributed by atoms with Crippen molar-refractivity contribution in [3.05, 3.63) is 65.7 Å². The summed E-state index contributed by atoms with van der Waals surface area (Å²) in [4.78, 5) is 4.64. The Kier molecular flexibility index (Phi) is 9.08. The van der Waals surface area contributed by atoms with Crippen LogP contribution in [0.1, 0.15) is 24.5 Å². The molecule has 0 amide bonds. The van der Waals surface area contributed by atoms with Crippen molar-refractivity contribution in [2.75, 3.05) is 26.8 Å². The number of ether oxygens (including phenoxy) is 2. The number of guanidine groups is 1. The summed E-state index contributed by atoms with van der Waals surface area (Å²) in [5.41, 5.74) is 2.35. The third-order valence-electron chi connectivity index (χ3n) is 3.72. The monoisotopic (exact) mass is 355 g/mol. The number of nitrogens with one attached hydrogen (secondary N) is 2. The lowest BCUT2D eigenvalue weighted by atomic mass is 10.1. The zero-order valence-electron chi connectivity index (χ0n) is 15.7. The lowest BCUT2D eigenvalue weighted by molar-refractivity contribution is 0.185. The maximum atomic E-state index is 5.70. The minimum Gasteiger partial charge on any atom is -0.494 e. The number of aliphatic imine (C=N–C) groups is 1. The number of hydrogen-bond acceptors (Lipinski definition) is 3. The Morgan fingerprint density at radius 1 is 0.962 bits per heavy atom. The number of rotatable bonds is 10. The van der Waals surface area contributed by atoms with E-state index in [9.17, 15) is 0 Å². The van der Waals surface area contributed by atoms with E-state index < -0.39 is 0 Å². The molecular formula is C21H29N3O2. The molecule has 0 aliphatic heterocycles. The average molecular weight is 355 g/mol. The van der Waals surface area contributed by atoms with E-state index in [2.05, 4.69) is 46.8 Å². The summed E-state index contributed by atoms with van der Waals surface area (Å²) in [6.45, 7) is 5.67. The molecule has 140 valence electrons. The molecule has 26 heavy (non-hydrogen) atoms. The standard InChI is InChI=1S/C21H29N3O2/c1-3-22-21(23-14-7-15-26-20-8-5-4-6-9-20)24-16-18-10-12-19(13-11-18)17-25-2/h4-6,8-13H,3,7,14-17H2,1-2H3,(H2,22,23,24). The summed E-state index contributed by atoms with van der Waals surface area (Å²) in [6.07, 6.45) is 0.908. The fourth-order valence-electron chi connectivity index (χ4n) is 2.41. The molecule has 0 unspecified atom stereocenters. The van der Waals surface area contributed by atoms with E-state index in [1.54, 1.807) is 7.11 Å². The summed E-state index contributed by atoms with van der Waals surface area (Å²) < 4.78 is 10.8. The summed E-state index contributed by atoms with van der Waals surface area (Å²) in [5, 5.41) is 6.62. The molecule has 0 aliphatic carbocycles. The maximum Gasteiger partial charge on any atom is 0.191 e. The maximum absolute atomic E-state index is 5.70. The van der Waals surface area contributed by atoms with Gasteiger partial charge in [-0.1, -0.05) is 42.5 Å². The van der Waals surface area contributed by atoms with Crippen LogP contribution in [-0.2, 0) is 17.9 Å². The van der Waals surface area contributed by atoms with Gasteiger partial charge in [0.1, 0.15) is 5.75 Å². The van der Waals surface area contributed by atoms with Crippen LogP contribution in [0.15, 0.2) is 59.6 Å². The van der Waals surface area contributed by atoms with Gasteiger partial charge < -0.3 is 20.1 Å². The predicted octanol–water partition coefficient (Wildman–Crippen LogP) is 3.36. The quantitative estimate of drug-likeness (QED) is 0.390. The number of para-hydroxylation sites is 1. The van der Waals surface area contributed by atoms with Gasteiger partial charge in [0.15, 0.2) is 5.96 Å². The molecular weight excluding hydrogens is 326 g/mol. The van der Waals surface area contributed by atoms with E-state index in [0.717, 1.165) is 31.2 Å². The Labute approximate surface area is 156 Å².